The van der Waals surface area contributed by atoms with Crippen LogP contribution in [0.3, 0.4) is 0 Å². The lowest BCUT2D eigenvalue weighted by molar-refractivity contribution is 0.126. The van der Waals surface area contributed by atoms with Crippen molar-refractivity contribution < 1.29 is 14.2 Å². The molecule has 0 fully saturated rings. The Morgan fingerprint density at radius 2 is 1.72 bits per heavy atom. The van der Waals surface area contributed by atoms with Gasteiger partial charge in [-0.15, -0.1) is 5.92 Å². The highest BCUT2D eigenvalue weighted by atomic mass is 79.9. The molecule has 18 heavy (non-hydrogen) atoms. The molecule has 1 rings (SSSR count). The summed E-state index contributed by atoms with van der Waals surface area (Å²) in [6.45, 7) is 1.16. The van der Waals surface area contributed by atoms with E-state index in [9.17, 15) is 0 Å². The molecular formula is C14H17BrO3. The first kappa shape index (κ1) is 14.9. The van der Waals surface area contributed by atoms with Crippen LogP contribution >= 0.6 is 15.9 Å². The van der Waals surface area contributed by atoms with E-state index in [-0.39, 0.29) is 0 Å². The molecule has 4 heteroatoms. The third-order valence-corrected chi connectivity index (χ3v) is 2.52. The lowest BCUT2D eigenvalue weighted by Gasteiger charge is -2.08. The molecule has 0 aliphatic rings. The summed E-state index contributed by atoms with van der Waals surface area (Å²) < 4.78 is 15.9. The number of rotatable bonds is 6. The van der Waals surface area contributed by atoms with E-state index in [1.165, 1.54) is 0 Å². The van der Waals surface area contributed by atoms with Crippen LogP contribution in [0.1, 0.15) is 12.0 Å². The van der Waals surface area contributed by atoms with Crippen molar-refractivity contribution in [2.45, 2.75) is 13.0 Å². The second kappa shape index (κ2) is 8.84. The van der Waals surface area contributed by atoms with E-state index in [2.05, 4.69) is 27.8 Å². The molecule has 0 atom stereocenters. The SMILES string of the molecule is COc1cc(COCCC#CCBr)cc(OC)c1. The molecule has 0 unspecified atom stereocenters. The third-order valence-electron chi connectivity index (χ3n) is 2.24. The van der Waals surface area contributed by atoms with E-state index in [0.717, 1.165) is 23.5 Å². The number of hydrogen-bond donors (Lipinski definition) is 0. The molecule has 0 aromatic heterocycles. The lowest BCUT2D eigenvalue weighted by atomic mass is 10.2. The minimum Gasteiger partial charge on any atom is -0.497 e. The number of ether oxygens (including phenoxy) is 3. The summed E-state index contributed by atoms with van der Waals surface area (Å²) in [5, 5.41) is 0.708. The Morgan fingerprint density at radius 3 is 2.28 bits per heavy atom. The standard InChI is InChI=1S/C14H17BrO3/c1-16-13-8-12(9-14(10-13)17-2)11-18-7-5-3-4-6-15/h8-10H,5-7,11H2,1-2H3. The van der Waals surface area contributed by atoms with Gasteiger partial charge in [-0.05, 0) is 17.7 Å². The zero-order valence-electron chi connectivity index (χ0n) is 10.7. The van der Waals surface area contributed by atoms with Crippen molar-refractivity contribution in [2.24, 2.45) is 0 Å². The summed E-state index contributed by atoms with van der Waals surface area (Å²) in [5.74, 6) is 7.47. The Balaban J connectivity index is 2.46. The van der Waals surface area contributed by atoms with Gasteiger partial charge in [-0.25, -0.2) is 0 Å². The summed E-state index contributed by atoms with van der Waals surface area (Å²) in [5.41, 5.74) is 1.03. The molecule has 0 heterocycles. The molecule has 0 radical (unpaired) electrons. The Morgan fingerprint density at radius 1 is 1.06 bits per heavy atom. The van der Waals surface area contributed by atoms with Gasteiger partial charge in [0.1, 0.15) is 11.5 Å². The van der Waals surface area contributed by atoms with Gasteiger partial charge in [0, 0.05) is 12.5 Å². The Hall–Kier alpha value is -1.18. The molecule has 3 nitrogen and oxygen atoms in total. The number of hydrogen-bond acceptors (Lipinski definition) is 3. The number of halogens is 1. The van der Waals surface area contributed by atoms with Crippen molar-refractivity contribution in [3.63, 3.8) is 0 Å². The monoisotopic (exact) mass is 312 g/mol. The largest absolute Gasteiger partial charge is 0.497 e. The fourth-order valence-corrected chi connectivity index (χ4v) is 1.60. The van der Waals surface area contributed by atoms with Crippen LogP contribution in [0.4, 0.5) is 0 Å². The Kier molecular flexibility index (Phi) is 7.31. The average Bonchev–Trinajstić information content (AvgIpc) is 2.42. The molecule has 0 N–H and O–H groups in total. The first-order valence-electron chi connectivity index (χ1n) is 5.61. The topological polar surface area (TPSA) is 27.7 Å². The number of alkyl halides is 1. The van der Waals surface area contributed by atoms with Gasteiger partial charge in [0.2, 0.25) is 0 Å². The predicted molar refractivity (Wildman–Crippen MR) is 75.4 cm³/mol. The van der Waals surface area contributed by atoms with Crippen LogP contribution in [-0.2, 0) is 11.3 Å². The van der Waals surface area contributed by atoms with Crippen molar-refractivity contribution in [1.82, 2.24) is 0 Å². The second-order valence-corrected chi connectivity index (χ2v) is 4.07. The lowest BCUT2D eigenvalue weighted by Crippen LogP contribution is -1.96. The molecule has 98 valence electrons. The summed E-state index contributed by atoms with van der Waals surface area (Å²) in [7, 11) is 3.27. The summed E-state index contributed by atoms with van der Waals surface area (Å²) in [4.78, 5) is 0. The summed E-state index contributed by atoms with van der Waals surface area (Å²) in [6, 6.07) is 5.71. The highest BCUT2D eigenvalue weighted by Gasteiger charge is 2.01. The van der Waals surface area contributed by atoms with Crippen LogP contribution in [-0.4, -0.2) is 26.2 Å². The third kappa shape index (κ3) is 5.44. The van der Waals surface area contributed by atoms with E-state index >= 15 is 0 Å². The van der Waals surface area contributed by atoms with E-state index in [0.29, 0.717) is 18.5 Å². The van der Waals surface area contributed by atoms with Gasteiger partial charge < -0.3 is 14.2 Å². The average molecular weight is 313 g/mol. The molecule has 0 bridgehead atoms. The van der Waals surface area contributed by atoms with Crippen molar-refractivity contribution >= 4 is 15.9 Å². The summed E-state index contributed by atoms with van der Waals surface area (Å²) in [6.07, 6.45) is 0.743. The van der Waals surface area contributed by atoms with Crippen LogP contribution in [0, 0.1) is 11.8 Å². The number of benzene rings is 1. The highest BCUT2D eigenvalue weighted by Crippen LogP contribution is 2.22. The minimum absolute atomic E-state index is 0.531. The van der Waals surface area contributed by atoms with Gasteiger partial charge in [0.25, 0.3) is 0 Å². The number of methoxy groups -OCH3 is 2. The molecule has 0 spiro atoms. The predicted octanol–water partition coefficient (Wildman–Crippen LogP) is 3.01. The molecule has 1 aromatic carbocycles. The second-order valence-electron chi connectivity index (χ2n) is 3.51. The van der Waals surface area contributed by atoms with E-state index in [1.807, 2.05) is 18.2 Å². The maximum atomic E-state index is 5.54. The maximum Gasteiger partial charge on any atom is 0.122 e. The van der Waals surface area contributed by atoms with Crippen LogP contribution < -0.4 is 9.47 Å². The Labute approximate surface area is 117 Å². The van der Waals surface area contributed by atoms with Gasteiger partial charge in [0.05, 0.1) is 32.8 Å². The molecule has 1 aromatic rings. The molecular weight excluding hydrogens is 296 g/mol. The van der Waals surface area contributed by atoms with Gasteiger partial charge in [-0.1, -0.05) is 21.9 Å². The summed E-state index contributed by atoms with van der Waals surface area (Å²) >= 11 is 3.24. The fraction of sp³-hybridized carbons (Fsp3) is 0.429. The van der Waals surface area contributed by atoms with Crippen molar-refractivity contribution in [1.29, 1.82) is 0 Å². The molecule has 0 saturated carbocycles. The van der Waals surface area contributed by atoms with Crippen molar-refractivity contribution in [3.8, 4) is 23.3 Å². The maximum absolute atomic E-state index is 5.54. The molecule has 0 amide bonds. The van der Waals surface area contributed by atoms with E-state index in [1.54, 1.807) is 14.2 Å². The van der Waals surface area contributed by atoms with Gasteiger partial charge in [-0.3, -0.25) is 0 Å². The van der Waals surface area contributed by atoms with Crippen LogP contribution in [0.15, 0.2) is 18.2 Å². The first-order valence-corrected chi connectivity index (χ1v) is 6.73. The van der Waals surface area contributed by atoms with Gasteiger partial charge in [-0.2, -0.15) is 0 Å². The zero-order valence-corrected chi connectivity index (χ0v) is 12.2. The zero-order chi connectivity index (χ0) is 13.2. The fourth-order valence-electron chi connectivity index (χ4n) is 1.40. The molecule has 0 saturated heterocycles. The van der Waals surface area contributed by atoms with E-state index < -0.39 is 0 Å². The van der Waals surface area contributed by atoms with E-state index in [4.69, 9.17) is 14.2 Å². The van der Waals surface area contributed by atoms with Gasteiger partial charge >= 0.3 is 0 Å². The quantitative estimate of drug-likeness (QED) is 0.459. The molecule has 0 aliphatic carbocycles. The van der Waals surface area contributed by atoms with Crippen LogP contribution in [0.5, 0.6) is 11.5 Å². The van der Waals surface area contributed by atoms with Crippen molar-refractivity contribution in [2.75, 3.05) is 26.2 Å². The van der Waals surface area contributed by atoms with Crippen LogP contribution in [0.2, 0.25) is 0 Å². The minimum atomic E-state index is 0.531. The molecule has 0 aliphatic heterocycles. The normalized spacial score (nSPS) is 9.50. The van der Waals surface area contributed by atoms with Crippen LogP contribution in [0.25, 0.3) is 0 Å². The highest BCUT2D eigenvalue weighted by molar-refractivity contribution is 9.09. The Bertz CT molecular complexity index is 399. The van der Waals surface area contributed by atoms with Gasteiger partial charge in [0.15, 0.2) is 0 Å². The first-order chi connectivity index (χ1) is 8.80. The van der Waals surface area contributed by atoms with Crippen molar-refractivity contribution in [3.05, 3.63) is 23.8 Å². The smallest absolute Gasteiger partial charge is 0.122 e.